The SMILES string of the molecule is CCCCCCCCCCCCCCCc1cccc(OCC)c1C1C(C(=O)OC(C)C)=C(C)NC(COCCN)=C1C(=O)OC(C)C. The molecule has 1 aliphatic heterocycles. The van der Waals surface area contributed by atoms with Crippen LogP contribution in [-0.4, -0.2) is 50.5 Å². The van der Waals surface area contributed by atoms with Crippen LogP contribution in [0.3, 0.4) is 0 Å². The largest absolute Gasteiger partial charge is 0.494 e. The molecule has 1 atom stereocenters. The highest BCUT2D eigenvalue weighted by atomic mass is 16.5. The minimum absolute atomic E-state index is 0.116. The van der Waals surface area contributed by atoms with Crippen molar-refractivity contribution >= 4 is 11.9 Å². The molecule has 1 aromatic carbocycles. The molecule has 0 radical (unpaired) electrons. The van der Waals surface area contributed by atoms with E-state index in [0.29, 0.717) is 48.0 Å². The summed E-state index contributed by atoms with van der Waals surface area (Å²) in [5, 5.41) is 3.30. The normalized spacial score (nSPS) is 14.9. The first kappa shape index (κ1) is 41.3. The van der Waals surface area contributed by atoms with E-state index in [0.717, 1.165) is 30.4 Å². The van der Waals surface area contributed by atoms with Crippen molar-refractivity contribution < 1.29 is 28.5 Å². The van der Waals surface area contributed by atoms with Crippen molar-refractivity contribution in [3.8, 4) is 5.75 Å². The van der Waals surface area contributed by atoms with Crippen molar-refractivity contribution in [2.24, 2.45) is 5.73 Å². The number of benzene rings is 1. The van der Waals surface area contributed by atoms with Gasteiger partial charge in [-0.2, -0.15) is 0 Å². The van der Waals surface area contributed by atoms with Gasteiger partial charge in [0.05, 0.1) is 54.8 Å². The van der Waals surface area contributed by atoms with Crippen LogP contribution in [0.1, 0.15) is 149 Å². The van der Waals surface area contributed by atoms with Gasteiger partial charge in [-0.15, -0.1) is 0 Å². The Bertz CT molecular complexity index is 1170. The van der Waals surface area contributed by atoms with Gasteiger partial charge < -0.3 is 30.0 Å². The van der Waals surface area contributed by atoms with E-state index in [2.05, 4.69) is 18.3 Å². The number of nitrogens with two attached hydrogens (primary N) is 1. The number of dihydropyridines is 1. The molecule has 2 rings (SSSR count). The van der Waals surface area contributed by atoms with E-state index in [1.54, 1.807) is 0 Å². The molecular weight excluding hydrogens is 604 g/mol. The fourth-order valence-corrected chi connectivity index (χ4v) is 6.37. The van der Waals surface area contributed by atoms with E-state index in [1.807, 2.05) is 53.7 Å². The number of unbranched alkanes of at least 4 members (excludes halogenated alkanes) is 12. The topological polar surface area (TPSA) is 109 Å². The standard InChI is InChI=1S/C40H66N2O6/c1-8-10-11-12-13-14-15-16-17-18-19-20-21-23-32-24-22-25-34(46-9-2)36(32)38-35(39(43)47-29(3)4)31(7)42-33(28-45-27-26-41)37(38)40(44)48-30(5)6/h22,24-25,29-30,38,42H,8-21,23,26-28,41H2,1-7H3. The number of aryl methyl sites for hydroxylation is 1. The third-order valence-corrected chi connectivity index (χ3v) is 8.57. The van der Waals surface area contributed by atoms with Crippen LogP contribution in [0.15, 0.2) is 40.7 Å². The van der Waals surface area contributed by atoms with Crippen molar-refractivity contribution in [3.05, 3.63) is 51.9 Å². The molecule has 0 saturated carbocycles. The van der Waals surface area contributed by atoms with Gasteiger partial charge in [-0.1, -0.05) is 96.1 Å². The molecule has 0 aromatic heterocycles. The highest BCUT2D eigenvalue weighted by molar-refractivity contribution is 6.00. The molecule has 8 heteroatoms. The van der Waals surface area contributed by atoms with E-state index in [4.69, 9.17) is 24.7 Å². The Morgan fingerprint density at radius 3 is 1.85 bits per heavy atom. The van der Waals surface area contributed by atoms with E-state index in [-0.39, 0.29) is 18.8 Å². The Morgan fingerprint density at radius 1 is 0.792 bits per heavy atom. The van der Waals surface area contributed by atoms with Gasteiger partial charge in [0.1, 0.15) is 5.75 Å². The second-order valence-electron chi connectivity index (χ2n) is 13.5. The number of carbonyl (C=O) groups is 2. The number of hydrogen-bond donors (Lipinski definition) is 2. The number of nitrogens with one attached hydrogen (secondary N) is 1. The predicted molar refractivity (Wildman–Crippen MR) is 195 cm³/mol. The maximum absolute atomic E-state index is 14.0. The quantitative estimate of drug-likeness (QED) is 0.0785. The van der Waals surface area contributed by atoms with Gasteiger partial charge in [-0.3, -0.25) is 0 Å². The minimum Gasteiger partial charge on any atom is -0.494 e. The fraction of sp³-hybridized carbons (Fsp3) is 0.700. The first-order valence-electron chi connectivity index (χ1n) is 18.8. The Labute approximate surface area is 291 Å². The molecule has 1 aliphatic rings. The van der Waals surface area contributed by atoms with Gasteiger partial charge in [-0.05, 0) is 66.0 Å². The first-order valence-corrected chi connectivity index (χ1v) is 18.8. The number of ether oxygens (including phenoxy) is 4. The Balaban J connectivity index is 2.37. The summed E-state index contributed by atoms with van der Waals surface area (Å²) >= 11 is 0. The van der Waals surface area contributed by atoms with Crippen molar-refractivity contribution in [2.75, 3.05) is 26.4 Å². The lowest BCUT2D eigenvalue weighted by atomic mass is 9.77. The van der Waals surface area contributed by atoms with Gasteiger partial charge in [-0.25, -0.2) is 9.59 Å². The predicted octanol–water partition coefficient (Wildman–Crippen LogP) is 8.81. The smallest absolute Gasteiger partial charge is 0.337 e. The second kappa shape index (κ2) is 23.5. The lowest BCUT2D eigenvalue weighted by molar-refractivity contribution is -0.143. The van der Waals surface area contributed by atoms with Gasteiger partial charge in [0.15, 0.2) is 0 Å². The molecule has 0 fully saturated rings. The average molecular weight is 671 g/mol. The molecule has 0 spiro atoms. The molecule has 8 nitrogen and oxygen atoms in total. The molecule has 1 aromatic rings. The molecule has 3 N–H and O–H groups in total. The minimum atomic E-state index is -0.764. The Morgan fingerprint density at radius 2 is 1.33 bits per heavy atom. The third kappa shape index (κ3) is 13.9. The Kier molecular flexibility index (Phi) is 20.2. The lowest BCUT2D eigenvalue weighted by Crippen LogP contribution is -2.36. The summed E-state index contributed by atoms with van der Waals surface area (Å²) in [5.74, 6) is -1.10. The highest BCUT2D eigenvalue weighted by Gasteiger charge is 2.42. The second-order valence-corrected chi connectivity index (χ2v) is 13.5. The summed E-state index contributed by atoms with van der Waals surface area (Å²) in [6.07, 6.45) is 16.8. The number of esters is 2. The van der Waals surface area contributed by atoms with E-state index < -0.39 is 17.9 Å². The van der Waals surface area contributed by atoms with Crippen LogP contribution in [0, 0.1) is 0 Å². The third-order valence-electron chi connectivity index (χ3n) is 8.57. The molecule has 272 valence electrons. The summed E-state index contributed by atoms with van der Waals surface area (Å²) in [6, 6.07) is 6.01. The average Bonchev–Trinajstić information content (AvgIpc) is 3.02. The number of hydrogen-bond acceptors (Lipinski definition) is 8. The van der Waals surface area contributed by atoms with Crippen molar-refractivity contribution in [3.63, 3.8) is 0 Å². The number of carbonyl (C=O) groups excluding carboxylic acids is 2. The van der Waals surface area contributed by atoms with E-state index >= 15 is 0 Å². The van der Waals surface area contributed by atoms with E-state index in [9.17, 15) is 9.59 Å². The summed E-state index contributed by atoms with van der Waals surface area (Å²) in [7, 11) is 0. The molecule has 1 heterocycles. The zero-order chi connectivity index (χ0) is 35.3. The maximum Gasteiger partial charge on any atom is 0.337 e. The van der Waals surface area contributed by atoms with Crippen LogP contribution in [0.4, 0.5) is 0 Å². The summed E-state index contributed by atoms with van der Waals surface area (Å²) in [4.78, 5) is 27.8. The van der Waals surface area contributed by atoms with Crippen LogP contribution in [0.25, 0.3) is 0 Å². The van der Waals surface area contributed by atoms with Gasteiger partial charge >= 0.3 is 11.9 Å². The maximum atomic E-state index is 14.0. The Hall–Kier alpha value is -2.84. The fourth-order valence-electron chi connectivity index (χ4n) is 6.37. The molecule has 0 aliphatic carbocycles. The lowest BCUT2D eigenvalue weighted by Gasteiger charge is -2.34. The van der Waals surface area contributed by atoms with Gasteiger partial charge in [0, 0.05) is 17.8 Å². The molecule has 0 amide bonds. The van der Waals surface area contributed by atoms with Crippen LogP contribution >= 0.6 is 0 Å². The van der Waals surface area contributed by atoms with E-state index in [1.165, 1.54) is 70.6 Å². The number of allylic oxidation sites excluding steroid dienone is 1. The summed E-state index contributed by atoms with van der Waals surface area (Å²) in [5.41, 5.74) is 9.44. The molecule has 48 heavy (non-hydrogen) atoms. The zero-order valence-electron chi connectivity index (χ0n) is 31.2. The van der Waals surface area contributed by atoms with Crippen LogP contribution < -0.4 is 15.8 Å². The molecule has 1 unspecified atom stereocenters. The monoisotopic (exact) mass is 670 g/mol. The molecule has 0 bridgehead atoms. The van der Waals surface area contributed by atoms with Crippen molar-refractivity contribution in [1.29, 1.82) is 0 Å². The van der Waals surface area contributed by atoms with Crippen molar-refractivity contribution in [2.45, 2.75) is 156 Å². The van der Waals surface area contributed by atoms with Crippen LogP contribution in [0.2, 0.25) is 0 Å². The van der Waals surface area contributed by atoms with Crippen LogP contribution in [0.5, 0.6) is 5.75 Å². The summed E-state index contributed by atoms with van der Waals surface area (Å²) in [6.45, 7) is 14.6. The molecule has 0 saturated heterocycles. The van der Waals surface area contributed by atoms with Gasteiger partial charge in [0.2, 0.25) is 0 Å². The van der Waals surface area contributed by atoms with Gasteiger partial charge in [0.25, 0.3) is 0 Å². The molecular formula is C40H66N2O6. The summed E-state index contributed by atoms with van der Waals surface area (Å²) < 4.78 is 23.6. The number of rotatable bonds is 25. The zero-order valence-corrected chi connectivity index (χ0v) is 31.2. The van der Waals surface area contributed by atoms with Crippen molar-refractivity contribution in [1.82, 2.24) is 5.32 Å². The van der Waals surface area contributed by atoms with Crippen LogP contribution in [-0.2, 0) is 30.2 Å². The first-order chi connectivity index (χ1) is 23.2. The highest BCUT2D eigenvalue weighted by Crippen LogP contribution is 2.45.